The van der Waals surface area contributed by atoms with Gasteiger partial charge < -0.3 is 19.9 Å². The summed E-state index contributed by atoms with van der Waals surface area (Å²) in [4.78, 5) is 11.8. The van der Waals surface area contributed by atoms with E-state index in [1.807, 2.05) is 26.0 Å². The highest BCUT2D eigenvalue weighted by atomic mass is 16.5. The lowest BCUT2D eigenvalue weighted by Crippen LogP contribution is -2.38. The maximum absolute atomic E-state index is 11.8. The number of carbonyl (C=O) groups excluding carboxylic acids is 1. The summed E-state index contributed by atoms with van der Waals surface area (Å²) in [6.07, 6.45) is -0.579. The van der Waals surface area contributed by atoms with Gasteiger partial charge in [-0.25, -0.2) is 0 Å². The Morgan fingerprint density at radius 2 is 1.95 bits per heavy atom. The first-order valence-corrected chi connectivity index (χ1v) is 6.63. The molecule has 1 atom stereocenters. The van der Waals surface area contributed by atoms with Gasteiger partial charge in [0.2, 0.25) is 0 Å². The van der Waals surface area contributed by atoms with Gasteiger partial charge in [-0.1, -0.05) is 12.1 Å². The van der Waals surface area contributed by atoms with Gasteiger partial charge in [0.1, 0.15) is 5.75 Å². The Morgan fingerprint density at radius 3 is 2.45 bits per heavy atom. The van der Waals surface area contributed by atoms with Crippen LogP contribution in [0.15, 0.2) is 12.1 Å². The number of aliphatic hydroxyl groups excluding tert-OH is 1. The van der Waals surface area contributed by atoms with Crippen LogP contribution in [-0.4, -0.2) is 37.4 Å². The lowest BCUT2D eigenvalue weighted by Gasteiger charge is -2.18. The predicted molar refractivity (Wildman–Crippen MR) is 76.8 cm³/mol. The molecule has 0 fully saturated rings. The first-order chi connectivity index (χ1) is 9.49. The van der Waals surface area contributed by atoms with Crippen LogP contribution >= 0.6 is 0 Å². The Morgan fingerprint density at radius 1 is 1.35 bits per heavy atom. The number of hydrogen-bond acceptors (Lipinski definition) is 4. The van der Waals surface area contributed by atoms with Gasteiger partial charge in [-0.2, -0.15) is 0 Å². The maximum atomic E-state index is 11.8. The lowest BCUT2D eigenvalue weighted by atomic mass is 10.1. The first-order valence-electron chi connectivity index (χ1n) is 6.63. The second kappa shape index (κ2) is 7.87. The van der Waals surface area contributed by atoms with Gasteiger partial charge in [0.15, 0.2) is 6.10 Å². The van der Waals surface area contributed by atoms with Crippen molar-refractivity contribution in [3.8, 4) is 5.75 Å². The number of benzene rings is 1. The minimum Gasteiger partial charge on any atom is -0.480 e. The van der Waals surface area contributed by atoms with Crippen LogP contribution in [0.5, 0.6) is 5.75 Å². The van der Waals surface area contributed by atoms with Crippen molar-refractivity contribution < 1.29 is 19.4 Å². The number of amides is 1. The largest absolute Gasteiger partial charge is 0.480 e. The molecule has 0 aliphatic rings. The van der Waals surface area contributed by atoms with Crippen molar-refractivity contribution in [1.29, 1.82) is 0 Å². The van der Waals surface area contributed by atoms with Gasteiger partial charge in [-0.3, -0.25) is 4.79 Å². The van der Waals surface area contributed by atoms with Crippen LogP contribution in [0.2, 0.25) is 0 Å². The SMILES string of the molecule is COCCNC(=O)C(C)Oc1c(C)cc(CO)cc1C. The van der Waals surface area contributed by atoms with E-state index >= 15 is 0 Å². The molecule has 0 aromatic heterocycles. The van der Waals surface area contributed by atoms with E-state index in [1.165, 1.54) is 0 Å². The predicted octanol–water partition coefficient (Wildman–Crippen LogP) is 1.33. The Labute approximate surface area is 119 Å². The summed E-state index contributed by atoms with van der Waals surface area (Å²) >= 11 is 0. The normalized spacial score (nSPS) is 12.1. The molecule has 0 saturated heterocycles. The van der Waals surface area contributed by atoms with Crippen molar-refractivity contribution >= 4 is 5.91 Å². The zero-order valence-corrected chi connectivity index (χ0v) is 12.5. The highest BCUT2D eigenvalue weighted by molar-refractivity contribution is 5.80. The summed E-state index contributed by atoms with van der Waals surface area (Å²) in [6, 6.07) is 3.72. The molecule has 1 aromatic carbocycles. The molecule has 20 heavy (non-hydrogen) atoms. The average Bonchev–Trinajstić information content (AvgIpc) is 2.42. The molecule has 1 rings (SSSR count). The molecule has 1 unspecified atom stereocenters. The third kappa shape index (κ3) is 4.51. The molecule has 1 aromatic rings. The molecule has 5 nitrogen and oxygen atoms in total. The molecule has 5 heteroatoms. The van der Waals surface area contributed by atoms with Crippen molar-refractivity contribution in [2.45, 2.75) is 33.5 Å². The van der Waals surface area contributed by atoms with Gasteiger partial charge in [-0.05, 0) is 37.5 Å². The number of aliphatic hydroxyl groups is 1. The van der Waals surface area contributed by atoms with E-state index in [9.17, 15) is 4.79 Å². The van der Waals surface area contributed by atoms with E-state index in [0.29, 0.717) is 18.9 Å². The second-order valence-electron chi connectivity index (χ2n) is 4.76. The third-order valence-electron chi connectivity index (χ3n) is 2.97. The molecule has 0 saturated carbocycles. The number of ether oxygens (including phenoxy) is 2. The molecule has 0 radical (unpaired) electrons. The Bertz CT molecular complexity index is 436. The van der Waals surface area contributed by atoms with Crippen molar-refractivity contribution in [3.63, 3.8) is 0 Å². The minimum absolute atomic E-state index is 0.00494. The van der Waals surface area contributed by atoms with Crippen LogP contribution in [0.25, 0.3) is 0 Å². The summed E-state index contributed by atoms with van der Waals surface area (Å²) < 4.78 is 10.6. The smallest absolute Gasteiger partial charge is 0.260 e. The summed E-state index contributed by atoms with van der Waals surface area (Å²) in [5.41, 5.74) is 2.65. The lowest BCUT2D eigenvalue weighted by molar-refractivity contribution is -0.127. The zero-order chi connectivity index (χ0) is 15.1. The Hall–Kier alpha value is -1.59. The zero-order valence-electron chi connectivity index (χ0n) is 12.5. The third-order valence-corrected chi connectivity index (χ3v) is 2.97. The number of carbonyl (C=O) groups is 1. The van der Waals surface area contributed by atoms with Crippen LogP contribution in [0.4, 0.5) is 0 Å². The van der Waals surface area contributed by atoms with Crippen molar-refractivity contribution in [3.05, 3.63) is 28.8 Å². The van der Waals surface area contributed by atoms with E-state index in [0.717, 1.165) is 16.7 Å². The molecule has 2 N–H and O–H groups in total. The second-order valence-corrected chi connectivity index (χ2v) is 4.76. The highest BCUT2D eigenvalue weighted by Gasteiger charge is 2.16. The van der Waals surface area contributed by atoms with Crippen LogP contribution in [0, 0.1) is 13.8 Å². The molecule has 0 aliphatic heterocycles. The van der Waals surface area contributed by atoms with Crippen LogP contribution < -0.4 is 10.1 Å². The summed E-state index contributed by atoms with van der Waals surface area (Å²) in [7, 11) is 1.58. The fourth-order valence-electron chi connectivity index (χ4n) is 1.97. The van der Waals surface area contributed by atoms with E-state index in [1.54, 1.807) is 14.0 Å². The summed E-state index contributed by atoms with van der Waals surface area (Å²) in [5.74, 6) is 0.517. The monoisotopic (exact) mass is 281 g/mol. The molecular formula is C15H23NO4. The van der Waals surface area contributed by atoms with Gasteiger partial charge in [-0.15, -0.1) is 0 Å². The van der Waals surface area contributed by atoms with Crippen LogP contribution in [0.3, 0.4) is 0 Å². The van der Waals surface area contributed by atoms with E-state index in [-0.39, 0.29) is 12.5 Å². The van der Waals surface area contributed by atoms with Gasteiger partial charge in [0.05, 0.1) is 13.2 Å². The molecule has 0 bridgehead atoms. The van der Waals surface area contributed by atoms with Crippen LogP contribution in [0.1, 0.15) is 23.6 Å². The minimum atomic E-state index is -0.579. The number of nitrogens with one attached hydrogen (secondary N) is 1. The van der Waals surface area contributed by atoms with Crippen LogP contribution in [-0.2, 0) is 16.1 Å². The topological polar surface area (TPSA) is 67.8 Å². The average molecular weight is 281 g/mol. The standard InChI is InChI=1S/C15H23NO4/c1-10-7-13(9-17)8-11(2)14(10)20-12(3)15(18)16-5-6-19-4/h7-8,12,17H,5-6,9H2,1-4H3,(H,16,18). The summed E-state index contributed by atoms with van der Waals surface area (Å²) in [6.45, 7) is 6.44. The quantitative estimate of drug-likeness (QED) is 0.740. The number of hydrogen-bond donors (Lipinski definition) is 2. The van der Waals surface area contributed by atoms with Crippen molar-refractivity contribution in [2.24, 2.45) is 0 Å². The number of rotatable bonds is 7. The van der Waals surface area contributed by atoms with Gasteiger partial charge in [0, 0.05) is 13.7 Å². The Kier molecular flexibility index (Phi) is 6.48. The maximum Gasteiger partial charge on any atom is 0.260 e. The van der Waals surface area contributed by atoms with E-state index < -0.39 is 6.10 Å². The van der Waals surface area contributed by atoms with Crippen molar-refractivity contribution in [1.82, 2.24) is 5.32 Å². The van der Waals surface area contributed by atoms with E-state index in [4.69, 9.17) is 14.6 Å². The number of methoxy groups -OCH3 is 1. The fourth-order valence-corrected chi connectivity index (χ4v) is 1.97. The van der Waals surface area contributed by atoms with E-state index in [2.05, 4.69) is 5.32 Å². The van der Waals surface area contributed by atoms with Crippen molar-refractivity contribution in [2.75, 3.05) is 20.3 Å². The Balaban J connectivity index is 2.70. The fraction of sp³-hybridized carbons (Fsp3) is 0.533. The first kappa shape index (κ1) is 16.5. The molecule has 112 valence electrons. The number of aryl methyl sites for hydroxylation is 2. The molecule has 0 aliphatic carbocycles. The molecule has 0 heterocycles. The molecular weight excluding hydrogens is 258 g/mol. The van der Waals surface area contributed by atoms with Gasteiger partial charge in [0.25, 0.3) is 5.91 Å². The van der Waals surface area contributed by atoms with Gasteiger partial charge >= 0.3 is 0 Å². The highest BCUT2D eigenvalue weighted by Crippen LogP contribution is 2.25. The summed E-state index contributed by atoms with van der Waals surface area (Å²) in [5, 5.41) is 11.9. The molecule has 0 spiro atoms. The molecule has 1 amide bonds.